The third-order valence-electron chi connectivity index (χ3n) is 4.44. The van der Waals surface area contributed by atoms with Gasteiger partial charge in [0.2, 0.25) is 5.91 Å². The van der Waals surface area contributed by atoms with Gasteiger partial charge in [-0.25, -0.2) is 0 Å². The molecule has 1 amide bonds. The molecule has 3 nitrogen and oxygen atoms in total. The van der Waals surface area contributed by atoms with Gasteiger partial charge in [-0.3, -0.25) is 9.69 Å². The summed E-state index contributed by atoms with van der Waals surface area (Å²) in [6, 6.07) is 8.75. The average molecular weight is 312 g/mol. The second-order valence-corrected chi connectivity index (χ2v) is 6.24. The van der Waals surface area contributed by atoms with Crippen LogP contribution in [0.5, 0.6) is 0 Å². The van der Waals surface area contributed by atoms with Crippen LogP contribution in [-0.4, -0.2) is 23.9 Å². The first-order valence-electron chi connectivity index (χ1n) is 8.59. The molecule has 0 bridgehead atoms. The van der Waals surface area contributed by atoms with Crippen molar-refractivity contribution in [1.82, 2.24) is 4.90 Å². The Kier molecular flexibility index (Phi) is 7.08. The summed E-state index contributed by atoms with van der Waals surface area (Å²) in [7, 11) is 2.19. The summed E-state index contributed by atoms with van der Waals surface area (Å²) < 4.78 is 0. The quantitative estimate of drug-likeness (QED) is 0.618. The van der Waals surface area contributed by atoms with Crippen LogP contribution in [0.4, 0.5) is 5.69 Å². The summed E-state index contributed by atoms with van der Waals surface area (Å²) in [6.45, 7) is 2.80. The number of rotatable bonds is 6. The Hall–Kier alpha value is -1.87. The van der Waals surface area contributed by atoms with Gasteiger partial charge in [0.25, 0.3) is 0 Å². The molecule has 1 aromatic carbocycles. The lowest BCUT2D eigenvalue weighted by atomic mass is 9.94. The molecule has 0 radical (unpaired) electrons. The topological polar surface area (TPSA) is 32.3 Å². The smallest absolute Gasteiger partial charge is 0.248 e. The van der Waals surface area contributed by atoms with Crippen molar-refractivity contribution in [2.24, 2.45) is 0 Å². The van der Waals surface area contributed by atoms with Crippen molar-refractivity contribution in [3.8, 4) is 0 Å². The Morgan fingerprint density at radius 1 is 1.22 bits per heavy atom. The molecule has 1 aliphatic rings. The fourth-order valence-corrected chi connectivity index (χ4v) is 3.13. The third-order valence-corrected chi connectivity index (χ3v) is 4.44. The van der Waals surface area contributed by atoms with E-state index >= 15 is 0 Å². The lowest BCUT2D eigenvalue weighted by Crippen LogP contribution is -2.33. The number of anilines is 1. The van der Waals surface area contributed by atoms with E-state index in [0.29, 0.717) is 6.04 Å². The molecule has 0 saturated heterocycles. The molecule has 1 saturated carbocycles. The fourth-order valence-electron chi connectivity index (χ4n) is 3.13. The normalized spacial score (nSPS) is 16.5. The predicted octanol–water partition coefficient (Wildman–Crippen LogP) is 4.52. The highest BCUT2D eigenvalue weighted by atomic mass is 16.1. The highest BCUT2D eigenvalue weighted by Gasteiger charge is 2.18. The number of hydrogen-bond acceptors (Lipinski definition) is 2. The number of benzene rings is 1. The van der Waals surface area contributed by atoms with E-state index in [-0.39, 0.29) is 5.91 Å². The SMILES string of the molecule is C/C=C/C=C/C(=O)Nc1ccccc1CN(C)C1CCCCC1. The number of nitrogens with one attached hydrogen (secondary N) is 1. The van der Waals surface area contributed by atoms with Crippen molar-refractivity contribution in [2.75, 3.05) is 12.4 Å². The maximum Gasteiger partial charge on any atom is 0.248 e. The molecule has 23 heavy (non-hydrogen) atoms. The maximum absolute atomic E-state index is 12.0. The summed E-state index contributed by atoms with van der Waals surface area (Å²) in [6.07, 6.45) is 13.7. The summed E-state index contributed by atoms with van der Waals surface area (Å²) in [5.41, 5.74) is 2.08. The molecule has 0 atom stereocenters. The standard InChI is InChI=1S/C20H28N2O/c1-3-4-6-15-20(23)21-19-14-10-9-11-17(19)16-22(2)18-12-7-5-8-13-18/h3-4,6,9-11,14-15,18H,5,7-8,12-13,16H2,1-2H3,(H,21,23)/b4-3+,15-6+. The van der Waals surface area contributed by atoms with Gasteiger partial charge in [0.15, 0.2) is 0 Å². The van der Waals surface area contributed by atoms with Crippen LogP contribution in [0.2, 0.25) is 0 Å². The maximum atomic E-state index is 12.0. The number of carbonyl (C=O) groups excluding carboxylic acids is 1. The molecule has 0 unspecified atom stereocenters. The Bertz CT molecular complexity index is 557. The molecular weight excluding hydrogens is 284 g/mol. The lowest BCUT2D eigenvalue weighted by Gasteiger charge is -2.31. The van der Waals surface area contributed by atoms with Gasteiger partial charge in [-0.15, -0.1) is 0 Å². The van der Waals surface area contributed by atoms with E-state index < -0.39 is 0 Å². The molecule has 1 N–H and O–H groups in total. The van der Waals surface area contributed by atoms with Gasteiger partial charge in [0.05, 0.1) is 0 Å². The van der Waals surface area contributed by atoms with Crippen LogP contribution in [0.15, 0.2) is 48.6 Å². The second-order valence-electron chi connectivity index (χ2n) is 6.24. The molecule has 1 fully saturated rings. The van der Waals surface area contributed by atoms with Gasteiger partial charge >= 0.3 is 0 Å². The van der Waals surface area contributed by atoms with Gasteiger partial charge in [0.1, 0.15) is 0 Å². The van der Waals surface area contributed by atoms with Crippen molar-refractivity contribution in [3.63, 3.8) is 0 Å². The van der Waals surface area contributed by atoms with Crippen molar-refractivity contribution in [1.29, 1.82) is 0 Å². The zero-order valence-electron chi connectivity index (χ0n) is 14.3. The Labute approximate surface area is 140 Å². The first-order chi connectivity index (χ1) is 11.2. The fraction of sp³-hybridized carbons (Fsp3) is 0.450. The van der Waals surface area contributed by atoms with Crippen LogP contribution < -0.4 is 5.32 Å². The summed E-state index contributed by atoms with van der Waals surface area (Å²) in [5, 5.41) is 2.99. The van der Waals surface area contributed by atoms with E-state index in [0.717, 1.165) is 12.2 Å². The lowest BCUT2D eigenvalue weighted by molar-refractivity contribution is -0.111. The molecule has 1 aromatic rings. The Morgan fingerprint density at radius 3 is 2.70 bits per heavy atom. The molecule has 3 heteroatoms. The minimum Gasteiger partial charge on any atom is -0.322 e. The molecule has 0 heterocycles. The van der Waals surface area contributed by atoms with Crippen LogP contribution in [-0.2, 0) is 11.3 Å². The van der Waals surface area contributed by atoms with E-state index in [4.69, 9.17) is 0 Å². The second kappa shape index (κ2) is 9.31. The van der Waals surface area contributed by atoms with E-state index in [1.807, 2.05) is 37.3 Å². The summed E-state index contributed by atoms with van der Waals surface area (Å²) >= 11 is 0. The first kappa shape index (κ1) is 17.5. The van der Waals surface area contributed by atoms with Gasteiger partial charge in [0, 0.05) is 24.4 Å². The first-order valence-corrected chi connectivity index (χ1v) is 8.59. The molecule has 0 aliphatic heterocycles. The minimum atomic E-state index is -0.0872. The monoisotopic (exact) mass is 312 g/mol. The average Bonchev–Trinajstić information content (AvgIpc) is 2.57. The van der Waals surface area contributed by atoms with Crippen molar-refractivity contribution in [2.45, 2.75) is 51.6 Å². The van der Waals surface area contributed by atoms with E-state index in [1.165, 1.54) is 37.7 Å². The minimum absolute atomic E-state index is 0.0872. The van der Waals surface area contributed by atoms with Gasteiger partial charge < -0.3 is 5.32 Å². The Morgan fingerprint density at radius 2 is 1.96 bits per heavy atom. The predicted molar refractivity (Wildman–Crippen MR) is 97.4 cm³/mol. The zero-order valence-corrected chi connectivity index (χ0v) is 14.3. The van der Waals surface area contributed by atoms with Crippen LogP contribution in [0.25, 0.3) is 0 Å². The largest absolute Gasteiger partial charge is 0.322 e. The van der Waals surface area contributed by atoms with Crippen LogP contribution >= 0.6 is 0 Å². The number of para-hydroxylation sites is 1. The number of nitrogens with zero attached hydrogens (tertiary/aromatic N) is 1. The van der Waals surface area contributed by atoms with Crippen molar-refractivity contribution < 1.29 is 4.79 Å². The molecule has 1 aliphatic carbocycles. The van der Waals surface area contributed by atoms with Crippen molar-refractivity contribution in [3.05, 3.63) is 54.1 Å². The number of amides is 1. The molecule has 2 rings (SSSR count). The van der Waals surface area contributed by atoms with E-state index in [1.54, 1.807) is 12.2 Å². The van der Waals surface area contributed by atoms with Gasteiger partial charge in [-0.2, -0.15) is 0 Å². The number of carbonyl (C=O) groups is 1. The van der Waals surface area contributed by atoms with Crippen LogP contribution in [0.1, 0.15) is 44.6 Å². The molecular formula is C20H28N2O. The van der Waals surface area contributed by atoms with Crippen molar-refractivity contribution >= 4 is 11.6 Å². The summed E-state index contributed by atoms with van der Waals surface area (Å²) in [5.74, 6) is -0.0872. The molecule has 0 aromatic heterocycles. The van der Waals surface area contributed by atoms with Gasteiger partial charge in [-0.05, 0) is 38.4 Å². The summed E-state index contributed by atoms with van der Waals surface area (Å²) in [4.78, 5) is 14.4. The number of allylic oxidation sites excluding steroid dienone is 3. The van der Waals surface area contributed by atoms with Crippen LogP contribution in [0, 0.1) is 0 Å². The highest BCUT2D eigenvalue weighted by molar-refractivity contribution is 5.99. The van der Waals surface area contributed by atoms with E-state index in [9.17, 15) is 4.79 Å². The molecule has 124 valence electrons. The van der Waals surface area contributed by atoms with Crippen LogP contribution in [0.3, 0.4) is 0 Å². The number of hydrogen-bond donors (Lipinski definition) is 1. The van der Waals surface area contributed by atoms with E-state index in [2.05, 4.69) is 23.3 Å². The highest BCUT2D eigenvalue weighted by Crippen LogP contribution is 2.24. The Balaban J connectivity index is 2.00. The zero-order chi connectivity index (χ0) is 16.5. The molecule has 0 spiro atoms. The third kappa shape index (κ3) is 5.68. The van der Waals surface area contributed by atoms with Gasteiger partial charge in [-0.1, -0.05) is 55.7 Å².